The van der Waals surface area contributed by atoms with Crippen molar-refractivity contribution in [2.24, 2.45) is 10.9 Å². The van der Waals surface area contributed by atoms with E-state index >= 15 is 0 Å². The molecule has 0 spiro atoms. The Balaban J connectivity index is 2.65. The average Bonchev–Trinajstić information content (AvgIpc) is 2.65. The van der Waals surface area contributed by atoms with Gasteiger partial charge >= 0.3 is 0 Å². The van der Waals surface area contributed by atoms with Crippen LogP contribution in [0.1, 0.15) is 27.2 Å². The Morgan fingerprint density at radius 1 is 1.71 bits per heavy atom. The third-order valence-corrected chi connectivity index (χ3v) is 2.45. The fourth-order valence-electron chi connectivity index (χ4n) is 1.44. The van der Waals surface area contributed by atoms with Crippen molar-refractivity contribution < 1.29 is 9.53 Å². The number of hydrogen-bond acceptors (Lipinski definition) is 3. The zero-order valence-electron chi connectivity index (χ0n) is 9.04. The van der Waals surface area contributed by atoms with Crippen molar-refractivity contribution in [2.45, 2.75) is 33.2 Å². The van der Waals surface area contributed by atoms with Crippen LogP contribution in [0.25, 0.3) is 0 Å². The Hall–Kier alpha value is -1.06. The van der Waals surface area contributed by atoms with Gasteiger partial charge in [-0.25, -0.2) is 0 Å². The van der Waals surface area contributed by atoms with E-state index in [2.05, 4.69) is 24.2 Å². The van der Waals surface area contributed by atoms with E-state index in [9.17, 15) is 4.79 Å². The van der Waals surface area contributed by atoms with Gasteiger partial charge in [0.1, 0.15) is 12.6 Å². The van der Waals surface area contributed by atoms with Gasteiger partial charge in [0.15, 0.2) is 0 Å². The number of rotatable bonds is 4. The third kappa shape index (κ3) is 2.72. The van der Waals surface area contributed by atoms with Crippen LogP contribution in [0.4, 0.5) is 0 Å². The molecule has 1 rings (SSSR count). The summed E-state index contributed by atoms with van der Waals surface area (Å²) >= 11 is 0. The largest absolute Gasteiger partial charge is 0.478 e. The van der Waals surface area contributed by atoms with Crippen LogP contribution in [0.5, 0.6) is 0 Å². The van der Waals surface area contributed by atoms with Gasteiger partial charge in [-0.3, -0.25) is 9.79 Å². The highest BCUT2D eigenvalue weighted by Gasteiger charge is 2.26. The first-order valence-electron chi connectivity index (χ1n) is 5.09. The maximum absolute atomic E-state index is 11.0. The normalized spacial score (nSPS) is 19.5. The van der Waals surface area contributed by atoms with E-state index in [4.69, 9.17) is 4.74 Å². The van der Waals surface area contributed by atoms with Crippen LogP contribution in [0.2, 0.25) is 0 Å². The summed E-state index contributed by atoms with van der Waals surface area (Å²) < 4.78 is 5.37. The lowest BCUT2D eigenvalue weighted by atomic mass is 9.99. The molecule has 0 radical (unpaired) electrons. The molecule has 4 nitrogen and oxygen atoms in total. The Morgan fingerprint density at radius 2 is 2.43 bits per heavy atom. The molecule has 0 saturated carbocycles. The lowest BCUT2D eigenvalue weighted by Gasteiger charge is -2.22. The van der Waals surface area contributed by atoms with Crippen LogP contribution >= 0.6 is 0 Å². The molecule has 1 N–H and O–H groups in total. The molecule has 4 heteroatoms. The number of hydrogen-bond donors (Lipinski definition) is 1. The van der Waals surface area contributed by atoms with E-state index in [1.54, 1.807) is 0 Å². The molecule has 80 valence electrons. The van der Waals surface area contributed by atoms with E-state index in [1.165, 1.54) is 6.92 Å². The molecule has 0 aromatic rings. The van der Waals surface area contributed by atoms with Crippen molar-refractivity contribution >= 4 is 11.8 Å². The summed E-state index contributed by atoms with van der Waals surface area (Å²) in [7, 11) is 0. The molecule has 0 saturated heterocycles. The van der Waals surface area contributed by atoms with Crippen molar-refractivity contribution in [3.63, 3.8) is 0 Å². The zero-order chi connectivity index (χ0) is 10.6. The standard InChI is InChI=1S/C10H18N2O2/c1-4-7(2)9(12-8(3)13)10-11-5-6-14-10/h7,9H,4-6H2,1-3H3,(H,12,13). The summed E-state index contributed by atoms with van der Waals surface area (Å²) in [4.78, 5) is 15.2. The quantitative estimate of drug-likeness (QED) is 0.731. The zero-order valence-corrected chi connectivity index (χ0v) is 9.04. The maximum Gasteiger partial charge on any atom is 0.217 e. The number of amides is 1. The monoisotopic (exact) mass is 198 g/mol. The minimum atomic E-state index is -0.0556. The first-order chi connectivity index (χ1) is 6.65. The minimum Gasteiger partial charge on any atom is -0.478 e. The number of ether oxygens (including phenoxy) is 1. The predicted octanol–water partition coefficient (Wildman–Crippen LogP) is 0.966. The number of nitrogens with one attached hydrogen (secondary N) is 1. The summed E-state index contributed by atoms with van der Waals surface area (Å²) in [6.07, 6.45) is 0.993. The van der Waals surface area contributed by atoms with Crippen LogP contribution in [0.3, 0.4) is 0 Å². The van der Waals surface area contributed by atoms with Crippen LogP contribution in [0.15, 0.2) is 4.99 Å². The fourth-order valence-corrected chi connectivity index (χ4v) is 1.44. The molecule has 0 aromatic heterocycles. The second kappa shape index (κ2) is 4.98. The Kier molecular flexibility index (Phi) is 3.92. The summed E-state index contributed by atoms with van der Waals surface area (Å²) in [5.41, 5.74) is 0. The van der Waals surface area contributed by atoms with Gasteiger partial charge < -0.3 is 10.1 Å². The van der Waals surface area contributed by atoms with Gasteiger partial charge in [0.2, 0.25) is 11.8 Å². The lowest BCUT2D eigenvalue weighted by Crippen LogP contribution is -2.44. The number of carbonyl (C=O) groups is 1. The van der Waals surface area contributed by atoms with Gasteiger partial charge in [-0.15, -0.1) is 0 Å². The average molecular weight is 198 g/mol. The van der Waals surface area contributed by atoms with Gasteiger partial charge in [0.05, 0.1) is 6.54 Å². The molecule has 1 aliphatic heterocycles. The molecule has 0 bridgehead atoms. The molecule has 2 atom stereocenters. The molecule has 1 amide bonds. The summed E-state index contributed by atoms with van der Waals surface area (Å²) in [6, 6.07) is -0.0556. The van der Waals surface area contributed by atoms with Crippen LogP contribution in [-0.4, -0.2) is 31.0 Å². The maximum atomic E-state index is 11.0. The van der Waals surface area contributed by atoms with Crippen molar-refractivity contribution in [3.8, 4) is 0 Å². The molecule has 1 aliphatic rings. The SMILES string of the molecule is CCC(C)C(NC(C)=O)C1=NCCO1. The highest BCUT2D eigenvalue weighted by Crippen LogP contribution is 2.12. The molecular formula is C10H18N2O2. The second-order valence-electron chi connectivity index (χ2n) is 3.63. The van der Waals surface area contributed by atoms with E-state index in [-0.39, 0.29) is 11.9 Å². The van der Waals surface area contributed by atoms with Gasteiger partial charge in [0, 0.05) is 6.92 Å². The smallest absolute Gasteiger partial charge is 0.217 e. The van der Waals surface area contributed by atoms with Gasteiger partial charge in [-0.1, -0.05) is 20.3 Å². The van der Waals surface area contributed by atoms with Gasteiger partial charge in [-0.05, 0) is 5.92 Å². The van der Waals surface area contributed by atoms with Crippen LogP contribution in [-0.2, 0) is 9.53 Å². The van der Waals surface area contributed by atoms with E-state index in [0.29, 0.717) is 25.0 Å². The molecule has 0 aliphatic carbocycles. The van der Waals surface area contributed by atoms with Crippen molar-refractivity contribution in [1.29, 1.82) is 0 Å². The molecule has 0 fully saturated rings. The topological polar surface area (TPSA) is 50.7 Å². The fraction of sp³-hybridized carbons (Fsp3) is 0.800. The molecule has 14 heavy (non-hydrogen) atoms. The highest BCUT2D eigenvalue weighted by molar-refractivity contribution is 5.87. The molecule has 1 heterocycles. The molecular weight excluding hydrogens is 180 g/mol. The first kappa shape index (κ1) is 11.0. The Morgan fingerprint density at radius 3 is 2.86 bits per heavy atom. The molecule has 2 unspecified atom stereocenters. The Bertz CT molecular complexity index is 238. The van der Waals surface area contributed by atoms with E-state index in [0.717, 1.165) is 6.42 Å². The summed E-state index contributed by atoms with van der Waals surface area (Å²) in [6.45, 7) is 7.05. The van der Waals surface area contributed by atoms with Crippen LogP contribution < -0.4 is 5.32 Å². The predicted molar refractivity (Wildman–Crippen MR) is 55.3 cm³/mol. The van der Waals surface area contributed by atoms with Crippen molar-refractivity contribution in [2.75, 3.05) is 13.2 Å². The first-order valence-corrected chi connectivity index (χ1v) is 5.09. The van der Waals surface area contributed by atoms with Crippen LogP contribution in [0, 0.1) is 5.92 Å². The summed E-state index contributed by atoms with van der Waals surface area (Å²) in [5, 5.41) is 2.88. The second-order valence-corrected chi connectivity index (χ2v) is 3.63. The molecule has 0 aromatic carbocycles. The van der Waals surface area contributed by atoms with E-state index < -0.39 is 0 Å². The van der Waals surface area contributed by atoms with E-state index in [1.807, 2.05) is 0 Å². The number of nitrogens with zero attached hydrogens (tertiary/aromatic N) is 1. The number of carbonyl (C=O) groups excluding carboxylic acids is 1. The summed E-state index contributed by atoms with van der Waals surface area (Å²) in [5.74, 6) is 1.01. The van der Waals surface area contributed by atoms with Crippen molar-refractivity contribution in [1.82, 2.24) is 5.32 Å². The van der Waals surface area contributed by atoms with Gasteiger partial charge in [-0.2, -0.15) is 0 Å². The minimum absolute atomic E-state index is 0.0338. The van der Waals surface area contributed by atoms with Gasteiger partial charge in [0.25, 0.3) is 0 Å². The third-order valence-electron chi connectivity index (χ3n) is 2.45. The van der Waals surface area contributed by atoms with Crippen molar-refractivity contribution in [3.05, 3.63) is 0 Å². The Labute approximate surface area is 84.7 Å². The highest BCUT2D eigenvalue weighted by atomic mass is 16.5. The number of aliphatic imine (C=N–C) groups is 1. The lowest BCUT2D eigenvalue weighted by molar-refractivity contribution is -0.119.